The van der Waals surface area contributed by atoms with Gasteiger partial charge in [0, 0.05) is 85.9 Å². The maximum Gasteiger partial charge on any atom is 0.189 e. The Balaban J connectivity index is 0.000000429. The molecule has 3 saturated heterocycles. The zero-order chi connectivity index (χ0) is 42.4. The molecular weight excluding hydrogens is 748 g/mol. The lowest BCUT2D eigenvalue weighted by atomic mass is 10.0. The molecule has 16 heteroatoms. The lowest BCUT2D eigenvalue weighted by molar-refractivity contribution is -0.363. The van der Waals surface area contributed by atoms with Crippen LogP contribution in [0.4, 0.5) is 0 Å². The first-order chi connectivity index (χ1) is 27.8. The van der Waals surface area contributed by atoms with Gasteiger partial charge in [0.15, 0.2) is 25.2 Å². The first-order valence-electron chi connectivity index (χ1n) is 21.7. The molecule has 3 aliphatic rings. The van der Waals surface area contributed by atoms with Gasteiger partial charge in [0.25, 0.3) is 0 Å². The van der Waals surface area contributed by atoms with Gasteiger partial charge in [-0.15, -0.1) is 0 Å². The second kappa shape index (κ2) is 34.0. The highest BCUT2D eigenvalue weighted by molar-refractivity contribution is 4.90. The van der Waals surface area contributed by atoms with E-state index < -0.39 is 12.6 Å². The van der Waals surface area contributed by atoms with Crippen molar-refractivity contribution in [3.8, 4) is 0 Å². The molecule has 0 aromatic rings. The van der Waals surface area contributed by atoms with Gasteiger partial charge in [-0.05, 0) is 90.0 Å². The van der Waals surface area contributed by atoms with Crippen LogP contribution >= 0.6 is 0 Å². The average Bonchev–Trinajstić information content (AvgIpc) is 3.20. The molecule has 57 heavy (non-hydrogen) atoms. The summed E-state index contributed by atoms with van der Waals surface area (Å²) in [5.41, 5.74) is 0. The predicted molar refractivity (Wildman–Crippen MR) is 213 cm³/mol. The van der Waals surface area contributed by atoms with Crippen LogP contribution in [0.5, 0.6) is 0 Å². The predicted octanol–water partition coefficient (Wildman–Crippen LogP) is 5.15. The van der Waals surface area contributed by atoms with E-state index in [1.54, 1.807) is 0 Å². The molecule has 0 saturated carbocycles. The van der Waals surface area contributed by atoms with E-state index in [-0.39, 0.29) is 67.5 Å². The minimum Gasteiger partial charge on any atom is -0.373 e. The molecule has 0 bridgehead atoms. The fourth-order valence-electron chi connectivity index (χ4n) is 6.84. The Hall–Kier alpha value is -0.640. The average molecular weight is 831 g/mol. The summed E-state index contributed by atoms with van der Waals surface area (Å²) in [4.78, 5) is 0. The second-order valence-electron chi connectivity index (χ2n) is 12.5. The summed E-state index contributed by atoms with van der Waals surface area (Å²) in [6.45, 7) is 33.9. The van der Waals surface area contributed by atoms with Crippen LogP contribution in [-0.2, 0) is 75.8 Å². The minimum absolute atomic E-state index is 0.0943. The molecule has 0 aliphatic carbocycles. The summed E-state index contributed by atoms with van der Waals surface area (Å²) < 4.78 is 91.6. The van der Waals surface area contributed by atoms with E-state index in [0.29, 0.717) is 99.1 Å². The summed E-state index contributed by atoms with van der Waals surface area (Å²) in [7, 11) is 0. The van der Waals surface area contributed by atoms with Gasteiger partial charge < -0.3 is 75.8 Å². The lowest BCUT2D eigenvalue weighted by Gasteiger charge is -2.45. The van der Waals surface area contributed by atoms with Gasteiger partial charge in [0.05, 0.1) is 13.2 Å². The van der Waals surface area contributed by atoms with E-state index >= 15 is 0 Å². The first kappa shape index (κ1) is 54.4. The van der Waals surface area contributed by atoms with Crippen LogP contribution in [0.15, 0.2) is 0 Å². The molecule has 0 N–H and O–H groups in total. The monoisotopic (exact) mass is 831 g/mol. The van der Waals surface area contributed by atoms with Crippen molar-refractivity contribution in [2.24, 2.45) is 0 Å². The quantitative estimate of drug-likeness (QED) is 0.113. The Bertz CT molecular complexity index is 797. The summed E-state index contributed by atoms with van der Waals surface area (Å²) >= 11 is 0. The van der Waals surface area contributed by atoms with Gasteiger partial charge >= 0.3 is 0 Å². The summed E-state index contributed by atoms with van der Waals surface area (Å²) in [5, 5.41) is 0. The van der Waals surface area contributed by atoms with Gasteiger partial charge in [-0.1, -0.05) is 0 Å². The number of hydrogen-bond donors (Lipinski definition) is 0. The highest BCUT2D eigenvalue weighted by Gasteiger charge is 2.49. The Kier molecular flexibility index (Phi) is 32.4. The molecule has 3 aliphatic heterocycles. The summed E-state index contributed by atoms with van der Waals surface area (Å²) in [6, 6.07) is 0. The molecule has 3 heterocycles. The summed E-state index contributed by atoms with van der Waals surface area (Å²) in [6.07, 6.45) is -3.65. The Morgan fingerprint density at radius 3 is 0.772 bits per heavy atom. The highest BCUT2D eigenvalue weighted by atomic mass is 16.8. The third-order valence-corrected chi connectivity index (χ3v) is 8.82. The fourth-order valence-corrected chi connectivity index (χ4v) is 6.84. The van der Waals surface area contributed by atoms with Gasteiger partial charge in [-0.3, -0.25) is 0 Å². The van der Waals surface area contributed by atoms with Crippen LogP contribution in [0.2, 0.25) is 0 Å². The van der Waals surface area contributed by atoms with Crippen molar-refractivity contribution in [1.82, 2.24) is 0 Å². The van der Waals surface area contributed by atoms with Crippen LogP contribution in [-0.4, -0.2) is 179 Å². The van der Waals surface area contributed by atoms with E-state index in [0.717, 1.165) is 0 Å². The highest BCUT2D eigenvalue weighted by Crippen LogP contribution is 2.30. The molecule has 0 aromatic carbocycles. The van der Waals surface area contributed by atoms with E-state index in [1.807, 2.05) is 90.0 Å². The second-order valence-corrected chi connectivity index (χ2v) is 12.5. The van der Waals surface area contributed by atoms with Crippen molar-refractivity contribution in [3.63, 3.8) is 0 Å². The topological polar surface area (TPSA) is 148 Å². The van der Waals surface area contributed by atoms with Crippen LogP contribution in [0, 0.1) is 0 Å². The first-order valence-corrected chi connectivity index (χ1v) is 21.7. The fraction of sp³-hybridized carbons (Fsp3) is 1.00. The molecule has 2 unspecified atom stereocenters. The zero-order valence-electron chi connectivity index (χ0n) is 37.6. The van der Waals surface area contributed by atoms with Gasteiger partial charge in [-0.25, -0.2) is 0 Å². The molecule has 0 radical (unpaired) electrons. The van der Waals surface area contributed by atoms with Crippen LogP contribution in [0.3, 0.4) is 0 Å². The number of hydrogen-bond acceptors (Lipinski definition) is 16. The van der Waals surface area contributed by atoms with Crippen molar-refractivity contribution in [1.29, 1.82) is 0 Å². The van der Waals surface area contributed by atoms with E-state index in [9.17, 15) is 0 Å². The maximum absolute atomic E-state index is 5.90. The van der Waals surface area contributed by atoms with Crippen molar-refractivity contribution in [2.75, 3.05) is 99.1 Å². The van der Waals surface area contributed by atoms with Crippen molar-refractivity contribution in [2.45, 2.75) is 170 Å². The van der Waals surface area contributed by atoms with E-state index in [2.05, 4.69) is 0 Å². The Morgan fingerprint density at radius 1 is 0.263 bits per heavy atom. The van der Waals surface area contributed by atoms with E-state index in [1.165, 1.54) is 0 Å². The Morgan fingerprint density at radius 2 is 0.491 bits per heavy atom. The number of rotatable bonds is 26. The molecule has 3 rings (SSSR count). The zero-order valence-corrected chi connectivity index (χ0v) is 37.6. The molecule has 342 valence electrons. The normalized spacial score (nSPS) is 32.9. The molecule has 0 spiro atoms. The third-order valence-electron chi connectivity index (χ3n) is 8.82. The van der Waals surface area contributed by atoms with E-state index in [4.69, 9.17) is 75.8 Å². The molecule has 16 nitrogen and oxygen atoms in total. The standard InChI is InChI=1S/C15H30O6.2C13H26O5/c1-6-16-11-12(17-7-2)14(19-9-4)21-15(20-10-5)13(11)18-8-3;2*1-5-14-10-9-18-13(17-8-4)12(16-7-3)11(10)15-6-2/h11-15H,6-10H2,1-5H3;2*10-13H,5-9H2,1-4H3/t11?,12-,13+,14-,15-;10-,11-,12+,13?;10-,11-,12+,13-/m011/s1. The van der Waals surface area contributed by atoms with Gasteiger partial charge in [0.2, 0.25) is 0 Å². The molecular formula is C41H82O16. The third kappa shape index (κ3) is 18.5. The molecule has 3 fully saturated rings. The minimum atomic E-state index is -0.514. The maximum atomic E-state index is 5.90. The molecule has 0 aromatic heterocycles. The number of ether oxygens (including phenoxy) is 16. The molecule has 13 atom stereocenters. The van der Waals surface area contributed by atoms with Crippen LogP contribution < -0.4 is 0 Å². The SMILES string of the molecule is CCOC1OC[C@@H](OCC)[C@@H](OCC)[C@@H]1OCC.CCOC1[C@@H](OCC)[C@@H](OCC)O[C@H](OCC)[C@H]1OCC.CCO[C@@H]1OC[C@@H](OCC)[C@@H](OCC)[C@@H]1OCC. The van der Waals surface area contributed by atoms with Crippen molar-refractivity contribution in [3.05, 3.63) is 0 Å². The lowest BCUT2D eigenvalue weighted by Crippen LogP contribution is -2.61. The van der Waals surface area contributed by atoms with Gasteiger partial charge in [0.1, 0.15) is 54.9 Å². The van der Waals surface area contributed by atoms with Crippen molar-refractivity contribution < 1.29 is 75.8 Å². The van der Waals surface area contributed by atoms with Crippen LogP contribution in [0.25, 0.3) is 0 Å². The summed E-state index contributed by atoms with van der Waals surface area (Å²) in [5.74, 6) is 0. The Labute approximate surface area is 344 Å². The van der Waals surface area contributed by atoms with Crippen molar-refractivity contribution >= 4 is 0 Å². The van der Waals surface area contributed by atoms with Gasteiger partial charge in [-0.2, -0.15) is 0 Å². The smallest absolute Gasteiger partial charge is 0.189 e. The molecule has 0 amide bonds. The van der Waals surface area contributed by atoms with Crippen LogP contribution in [0.1, 0.15) is 90.0 Å². The largest absolute Gasteiger partial charge is 0.373 e.